The molecule has 52 heavy (non-hydrogen) atoms. The average Bonchev–Trinajstić information content (AvgIpc) is 3.81. The predicted molar refractivity (Wildman–Crippen MR) is 212 cm³/mol. The number of hydrogen-bond donors (Lipinski definition) is 0. The van der Waals surface area contributed by atoms with Crippen molar-refractivity contribution in [1.82, 2.24) is 23.5 Å². The summed E-state index contributed by atoms with van der Waals surface area (Å²) in [4.78, 5) is 9.99. The van der Waals surface area contributed by atoms with Gasteiger partial charge in [-0.05, 0) is 77.2 Å². The molecule has 0 saturated heterocycles. The average molecular weight is 674 g/mol. The lowest BCUT2D eigenvalue weighted by atomic mass is 9.88. The maximum absolute atomic E-state index is 6.98. The third-order valence-corrected chi connectivity index (χ3v) is 10.1. The second-order valence-corrected chi connectivity index (χ2v) is 14.4. The van der Waals surface area contributed by atoms with Crippen LogP contribution in [0.1, 0.15) is 26.3 Å². The first kappa shape index (κ1) is 30.2. The second-order valence-electron chi connectivity index (χ2n) is 14.4. The van der Waals surface area contributed by atoms with E-state index in [1.807, 2.05) is 24.4 Å². The Morgan fingerprint density at radius 1 is 0.558 bits per heavy atom. The predicted octanol–water partition coefficient (Wildman–Crippen LogP) is 11.7. The Bertz CT molecular complexity index is 2980. The first-order valence-corrected chi connectivity index (χ1v) is 17.7. The Morgan fingerprint density at radius 2 is 1.29 bits per heavy atom. The molecular weight excluding hydrogens is 639 g/mol. The molecule has 10 aromatic rings. The van der Waals surface area contributed by atoms with Crippen LogP contribution in [0.4, 0.5) is 0 Å². The normalized spacial score (nSPS) is 12.1. The number of hydrogen-bond acceptors (Lipinski definition) is 3. The van der Waals surface area contributed by atoms with Crippen molar-refractivity contribution in [2.24, 2.45) is 0 Å². The number of nitrogens with zero attached hydrogens (tertiary/aromatic N) is 5. The van der Waals surface area contributed by atoms with E-state index in [1.54, 1.807) is 0 Å². The van der Waals surface area contributed by atoms with E-state index in [2.05, 4.69) is 168 Å². The molecule has 10 rings (SSSR count). The number of benzene rings is 6. The van der Waals surface area contributed by atoms with Crippen molar-refractivity contribution < 1.29 is 4.74 Å². The smallest absolute Gasteiger partial charge is 0.220 e. The molecule has 6 nitrogen and oxygen atoms in total. The van der Waals surface area contributed by atoms with Gasteiger partial charge in [-0.1, -0.05) is 99.6 Å². The fourth-order valence-electron chi connectivity index (χ4n) is 7.60. The van der Waals surface area contributed by atoms with E-state index < -0.39 is 0 Å². The molecule has 0 bridgehead atoms. The van der Waals surface area contributed by atoms with E-state index in [0.29, 0.717) is 0 Å². The van der Waals surface area contributed by atoms with Crippen LogP contribution in [-0.2, 0) is 5.41 Å². The third-order valence-electron chi connectivity index (χ3n) is 10.1. The molecule has 6 heteroatoms. The molecular formula is C46H35N5O. The highest BCUT2D eigenvalue weighted by Crippen LogP contribution is 2.42. The van der Waals surface area contributed by atoms with Crippen LogP contribution in [0.3, 0.4) is 0 Å². The topological polar surface area (TPSA) is 49.3 Å². The Labute approximate surface area is 300 Å². The van der Waals surface area contributed by atoms with Gasteiger partial charge in [0.25, 0.3) is 0 Å². The highest BCUT2D eigenvalue weighted by Gasteiger charge is 2.21. The van der Waals surface area contributed by atoms with Gasteiger partial charge >= 0.3 is 0 Å². The van der Waals surface area contributed by atoms with Gasteiger partial charge in [-0.25, -0.2) is 9.97 Å². The third kappa shape index (κ3) is 4.72. The monoisotopic (exact) mass is 673 g/mol. The maximum Gasteiger partial charge on any atom is 0.220 e. The van der Waals surface area contributed by atoms with Crippen molar-refractivity contribution in [2.45, 2.75) is 26.2 Å². The zero-order valence-corrected chi connectivity index (χ0v) is 29.2. The van der Waals surface area contributed by atoms with Crippen molar-refractivity contribution in [1.29, 1.82) is 0 Å². The van der Waals surface area contributed by atoms with Gasteiger partial charge in [0, 0.05) is 34.7 Å². The molecule has 0 fully saturated rings. The molecule has 0 spiro atoms. The van der Waals surface area contributed by atoms with Crippen molar-refractivity contribution >= 4 is 49.7 Å². The fourth-order valence-corrected chi connectivity index (χ4v) is 7.60. The SMILES string of the molecule is CC(C)(C)c1ccnc(-n2c3ccccc3c3cc(-c4ccccc4)c(Oc4cccc(-n5c6ccccc6n6c7ccccc7nc56)c4)cc32)c1. The Hall–Kier alpha value is -6.66. The van der Waals surface area contributed by atoms with Gasteiger partial charge in [0.1, 0.15) is 17.3 Å². The number of pyridine rings is 1. The first-order valence-electron chi connectivity index (χ1n) is 17.7. The summed E-state index contributed by atoms with van der Waals surface area (Å²) >= 11 is 0. The lowest BCUT2D eigenvalue weighted by Crippen LogP contribution is -2.12. The molecule has 0 unspecified atom stereocenters. The van der Waals surface area contributed by atoms with Gasteiger partial charge in [0.05, 0.1) is 38.8 Å². The van der Waals surface area contributed by atoms with E-state index >= 15 is 0 Å². The van der Waals surface area contributed by atoms with Crippen LogP contribution >= 0.6 is 0 Å². The second kappa shape index (κ2) is 11.4. The summed E-state index contributed by atoms with van der Waals surface area (Å²) in [6.07, 6.45) is 1.92. The highest BCUT2D eigenvalue weighted by molar-refractivity contribution is 6.11. The van der Waals surface area contributed by atoms with Crippen LogP contribution in [0, 0.1) is 0 Å². The van der Waals surface area contributed by atoms with Gasteiger partial charge in [-0.15, -0.1) is 0 Å². The molecule has 0 aliphatic carbocycles. The summed E-state index contributed by atoms with van der Waals surface area (Å²) in [5.41, 5.74) is 10.6. The van der Waals surface area contributed by atoms with Gasteiger partial charge in [0.2, 0.25) is 5.78 Å². The number of rotatable bonds is 5. The summed E-state index contributed by atoms with van der Waals surface area (Å²) in [7, 11) is 0. The molecule has 0 radical (unpaired) electrons. The van der Waals surface area contributed by atoms with E-state index in [9.17, 15) is 0 Å². The zero-order valence-electron chi connectivity index (χ0n) is 29.2. The fraction of sp³-hybridized carbons (Fsp3) is 0.0870. The number of aromatic nitrogens is 5. The highest BCUT2D eigenvalue weighted by atomic mass is 16.5. The maximum atomic E-state index is 6.98. The molecule has 6 aromatic carbocycles. The van der Waals surface area contributed by atoms with Crippen LogP contribution in [0.2, 0.25) is 0 Å². The van der Waals surface area contributed by atoms with E-state index in [4.69, 9.17) is 14.7 Å². The minimum absolute atomic E-state index is 0.0179. The minimum Gasteiger partial charge on any atom is -0.457 e. The van der Waals surface area contributed by atoms with Crippen LogP contribution in [0.15, 0.2) is 158 Å². The largest absolute Gasteiger partial charge is 0.457 e. The summed E-state index contributed by atoms with van der Waals surface area (Å²) in [5.74, 6) is 3.24. The van der Waals surface area contributed by atoms with Crippen molar-refractivity contribution in [2.75, 3.05) is 0 Å². The molecule has 0 aliphatic heterocycles. The molecule has 0 N–H and O–H groups in total. The van der Waals surface area contributed by atoms with Gasteiger partial charge in [0.15, 0.2) is 0 Å². The van der Waals surface area contributed by atoms with Gasteiger partial charge in [-0.3, -0.25) is 13.5 Å². The van der Waals surface area contributed by atoms with Gasteiger partial charge in [-0.2, -0.15) is 0 Å². The van der Waals surface area contributed by atoms with Crippen LogP contribution < -0.4 is 4.74 Å². The summed E-state index contributed by atoms with van der Waals surface area (Å²) in [6.45, 7) is 6.71. The van der Waals surface area contributed by atoms with Crippen LogP contribution in [-0.4, -0.2) is 23.5 Å². The first-order chi connectivity index (χ1) is 25.4. The summed E-state index contributed by atoms with van der Waals surface area (Å²) < 4.78 is 13.7. The molecule has 0 amide bonds. The zero-order chi connectivity index (χ0) is 35.0. The standard InChI is InChI=1S/C46H35N5O/c1-46(2,3)31-24-25-47-44(26-31)50-38-20-9-7-18-34(38)36-28-35(30-14-5-4-6-15-30)43(29-42(36)50)52-33-17-13-16-32(27-33)49-40-22-11-12-23-41(40)51-39-21-10-8-19-37(39)48-45(49)51/h4-29H,1-3H3. The molecule has 4 aromatic heterocycles. The van der Waals surface area contributed by atoms with Crippen LogP contribution in [0.5, 0.6) is 11.5 Å². The van der Waals surface area contributed by atoms with E-state index in [-0.39, 0.29) is 5.41 Å². The van der Waals surface area contributed by atoms with E-state index in [0.717, 1.165) is 78.4 Å². The lowest BCUT2D eigenvalue weighted by molar-refractivity contribution is 0.485. The lowest BCUT2D eigenvalue weighted by Gasteiger charge is -2.20. The Morgan fingerprint density at radius 3 is 2.12 bits per heavy atom. The van der Waals surface area contributed by atoms with Crippen molar-refractivity contribution in [3.63, 3.8) is 0 Å². The Kier molecular flexibility index (Phi) is 6.64. The summed E-state index contributed by atoms with van der Waals surface area (Å²) in [5, 5.41) is 2.31. The van der Waals surface area contributed by atoms with Crippen LogP contribution in [0.25, 0.3) is 72.3 Å². The minimum atomic E-state index is -0.0179. The molecule has 0 aliphatic rings. The summed E-state index contributed by atoms with van der Waals surface area (Å²) in [6, 6.07) is 52.9. The molecule has 250 valence electrons. The van der Waals surface area contributed by atoms with E-state index in [1.165, 1.54) is 10.9 Å². The van der Waals surface area contributed by atoms with Crippen molar-refractivity contribution in [3.05, 3.63) is 163 Å². The quantitative estimate of drug-likeness (QED) is 0.183. The van der Waals surface area contributed by atoms with Crippen molar-refractivity contribution in [3.8, 4) is 34.1 Å². The Balaban J connectivity index is 1.18. The molecule has 0 atom stereocenters. The molecule has 4 heterocycles. The molecule has 0 saturated carbocycles. The number of ether oxygens (including phenoxy) is 1. The number of fused-ring (bicyclic) bond motifs is 8. The van der Waals surface area contributed by atoms with Gasteiger partial charge < -0.3 is 4.74 Å². The number of imidazole rings is 2. The number of para-hydroxylation sites is 5.